The summed E-state index contributed by atoms with van der Waals surface area (Å²) in [7, 11) is 0. The Labute approximate surface area is 126 Å². The van der Waals surface area contributed by atoms with E-state index in [1.165, 1.54) is 0 Å². The number of hydrogen-bond acceptors (Lipinski definition) is 5. The molecule has 0 saturated carbocycles. The molecule has 1 unspecified atom stereocenters. The Balaban J connectivity index is 1.60. The third-order valence-electron chi connectivity index (χ3n) is 3.06. The van der Waals surface area contributed by atoms with Crippen LogP contribution in [0.25, 0.3) is 0 Å². The molecule has 0 fully saturated rings. The van der Waals surface area contributed by atoms with Crippen molar-refractivity contribution in [3.8, 4) is 11.5 Å². The van der Waals surface area contributed by atoms with Crippen LogP contribution in [0.5, 0.6) is 11.5 Å². The zero-order valence-corrected chi connectivity index (χ0v) is 12.2. The van der Waals surface area contributed by atoms with E-state index in [0.29, 0.717) is 11.5 Å². The van der Waals surface area contributed by atoms with E-state index in [4.69, 9.17) is 9.47 Å². The minimum absolute atomic E-state index is 0.177. The van der Waals surface area contributed by atoms with E-state index in [-0.39, 0.29) is 12.5 Å². The third-order valence-corrected chi connectivity index (χ3v) is 4.01. The van der Waals surface area contributed by atoms with Crippen molar-refractivity contribution in [1.29, 1.82) is 0 Å². The number of aryl methyl sites for hydroxylation is 1. The highest BCUT2D eigenvalue weighted by atomic mass is 32.1. The zero-order valence-electron chi connectivity index (χ0n) is 11.4. The van der Waals surface area contributed by atoms with E-state index < -0.39 is 6.10 Å². The monoisotopic (exact) mass is 302 g/mol. The molecule has 1 aromatic carbocycles. The number of carbonyl (C=O) groups is 1. The maximum atomic E-state index is 12.0. The van der Waals surface area contributed by atoms with Crippen LogP contribution < -0.4 is 14.9 Å². The molecule has 1 aromatic heterocycles. The number of para-hydroxylation sites is 2. The average Bonchev–Trinajstić information content (AvgIpc) is 2.92. The molecule has 5 nitrogen and oxygen atoms in total. The molecule has 1 aliphatic rings. The van der Waals surface area contributed by atoms with Crippen molar-refractivity contribution in [2.75, 3.05) is 6.61 Å². The zero-order chi connectivity index (χ0) is 14.7. The van der Waals surface area contributed by atoms with Gasteiger partial charge in [-0.3, -0.25) is 4.79 Å². The first-order valence-corrected chi connectivity index (χ1v) is 7.37. The fourth-order valence-electron chi connectivity index (χ4n) is 1.89. The summed E-state index contributed by atoms with van der Waals surface area (Å²) in [6.45, 7) is 2.17. The fourth-order valence-corrected chi connectivity index (χ4v) is 2.68. The Hall–Kier alpha value is -2.34. The van der Waals surface area contributed by atoms with Crippen molar-refractivity contribution in [3.05, 3.63) is 46.2 Å². The number of rotatable bonds is 3. The van der Waals surface area contributed by atoms with Crippen molar-refractivity contribution in [2.45, 2.75) is 13.0 Å². The van der Waals surface area contributed by atoms with Crippen molar-refractivity contribution in [3.63, 3.8) is 0 Å². The minimum Gasteiger partial charge on any atom is -0.485 e. The molecule has 0 radical (unpaired) electrons. The lowest BCUT2D eigenvalue weighted by molar-refractivity contribution is -0.130. The van der Waals surface area contributed by atoms with Gasteiger partial charge in [-0.2, -0.15) is 5.10 Å². The second-order valence-electron chi connectivity index (χ2n) is 4.57. The molecule has 0 spiro atoms. The predicted molar refractivity (Wildman–Crippen MR) is 81.1 cm³/mol. The second-order valence-corrected chi connectivity index (χ2v) is 5.51. The van der Waals surface area contributed by atoms with Crippen LogP contribution in [-0.4, -0.2) is 24.8 Å². The van der Waals surface area contributed by atoms with Crippen LogP contribution in [0.2, 0.25) is 0 Å². The van der Waals surface area contributed by atoms with Gasteiger partial charge in [-0.25, -0.2) is 5.43 Å². The van der Waals surface area contributed by atoms with E-state index in [9.17, 15) is 4.79 Å². The largest absolute Gasteiger partial charge is 0.485 e. The topological polar surface area (TPSA) is 59.9 Å². The van der Waals surface area contributed by atoms with Gasteiger partial charge in [-0.15, -0.1) is 11.3 Å². The van der Waals surface area contributed by atoms with Crippen LogP contribution in [0, 0.1) is 6.92 Å². The van der Waals surface area contributed by atoms with Crippen LogP contribution in [0.15, 0.2) is 40.8 Å². The summed E-state index contributed by atoms with van der Waals surface area (Å²) in [6, 6.07) is 9.27. The van der Waals surface area contributed by atoms with E-state index in [2.05, 4.69) is 10.5 Å². The van der Waals surface area contributed by atoms with Gasteiger partial charge in [0.15, 0.2) is 11.5 Å². The lowest BCUT2D eigenvalue weighted by Gasteiger charge is -2.24. The van der Waals surface area contributed by atoms with Crippen molar-refractivity contribution < 1.29 is 14.3 Å². The number of hydrazone groups is 1. The summed E-state index contributed by atoms with van der Waals surface area (Å²) in [5, 5.41) is 5.94. The van der Waals surface area contributed by atoms with Gasteiger partial charge < -0.3 is 9.47 Å². The number of ether oxygens (including phenoxy) is 2. The standard InChI is InChI=1S/C15H14N2O3S/c1-10-6-7-21-14(10)8-16-17-15(18)13-9-19-11-4-2-3-5-12(11)20-13/h2-8,13H,9H2,1H3,(H,17,18)/b16-8+. The molecule has 2 aromatic rings. The first-order chi connectivity index (χ1) is 10.2. The fraction of sp³-hybridized carbons (Fsp3) is 0.200. The Kier molecular flexibility index (Phi) is 3.87. The van der Waals surface area contributed by atoms with Crippen LogP contribution in [0.3, 0.4) is 0 Å². The SMILES string of the molecule is Cc1ccsc1/C=N/NC(=O)C1COc2ccccc2O1. The number of nitrogens with zero attached hydrogens (tertiary/aromatic N) is 1. The maximum absolute atomic E-state index is 12.0. The summed E-state index contributed by atoms with van der Waals surface area (Å²) < 4.78 is 11.1. The summed E-state index contributed by atoms with van der Waals surface area (Å²) in [5.74, 6) is 0.899. The maximum Gasteiger partial charge on any atom is 0.284 e. The highest BCUT2D eigenvalue weighted by molar-refractivity contribution is 7.11. The smallest absolute Gasteiger partial charge is 0.284 e. The van der Waals surface area contributed by atoms with Gasteiger partial charge in [0.2, 0.25) is 6.10 Å². The van der Waals surface area contributed by atoms with Gasteiger partial charge in [0.25, 0.3) is 5.91 Å². The molecule has 0 bridgehead atoms. The summed E-state index contributed by atoms with van der Waals surface area (Å²) in [6.07, 6.45) is 0.941. The molecule has 0 saturated heterocycles. The van der Waals surface area contributed by atoms with Gasteiger partial charge >= 0.3 is 0 Å². The van der Waals surface area contributed by atoms with Gasteiger partial charge in [-0.1, -0.05) is 12.1 Å². The lowest BCUT2D eigenvalue weighted by Crippen LogP contribution is -2.42. The Morgan fingerprint density at radius 3 is 2.95 bits per heavy atom. The number of hydrogen-bond donors (Lipinski definition) is 1. The van der Waals surface area contributed by atoms with Crippen LogP contribution in [0.1, 0.15) is 10.4 Å². The molecule has 2 heterocycles. The molecule has 21 heavy (non-hydrogen) atoms. The van der Waals surface area contributed by atoms with Crippen molar-refractivity contribution in [1.82, 2.24) is 5.43 Å². The van der Waals surface area contributed by atoms with Crippen molar-refractivity contribution >= 4 is 23.5 Å². The normalized spacial score (nSPS) is 16.9. The molecule has 3 rings (SSSR count). The lowest BCUT2D eigenvalue weighted by atomic mass is 10.2. The van der Waals surface area contributed by atoms with E-state index in [1.807, 2.05) is 30.5 Å². The average molecular weight is 302 g/mol. The van der Waals surface area contributed by atoms with Gasteiger partial charge in [0, 0.05) is 4.88 Å². The number of carbonyl (C=O) groups excluding carboxylic acids is 1. The molecular weight excluding hydrogens is 288 g/mol. The van der Waals surface area contributed by atoms with E-state index in [1.54, 1.807) is 29.7 Å². The van der Waals surface area contributed by atoms with Gasteiger partial charge in [-0.05, 0) is 36.1 Å². The molecular formula is C15H14N2O3S. The molecule has 1 amide bonds. The quantitative estimate of drug-likeness (QED) is 0.699. The molecule has 1 N–H and O–H groups in total. The van der Waals surface area contributed by atoms with Crippen molar-refractivity contribution in [2.24, 2.45) is 5.10 Å². The highest BCUT2D eigenvalue weighted by Crippen LogP contribution is 2.30. The predicted octanol–water partition coefficient (Wildman–Crippen LogP) is 2.35. The molecule has 1 atom stereocenters. The van der Waals surface area contributed by atoms with E-state index >= 15 is 0 Å². The minimum atomic E-state index is -0.693. The summed E-state index contributed by atoms with van der Waals surface area (Å²) in [4.78, 5) is 13.0. The number of benzene rings is 1. The Morgan fingerprint density at radius 1 is 1.38 bits per heavy atom. The number of fused-ring (bicyclic) bond motifs is 1. The Morgan fingerprint density at radius 2 is 2.19 bits per heavy atom. The third kappa shape index (κ3) is 3.05. The van der Waals surface area contributed by atoms with Crippen LogP contribution >= 0.6 is 11.3 Å². The van der Waals surface area contributed by atoms with Crippen LogP contribution in [-0.2, 0) is 4.79 Å². The molecule has 108 valence electrons. The molecule has 6 heteroatoms. The first-order valence-electron chi connectivity index (χ1n) is 6.49. The number of thiophene rings is 1. The van der Waals surface area contributed by atoms with Gasteiger partial charge in [0.05, 0.1) is 6.21 Å². The van der Waals surface area contributed by atoms with E-state index in [0.717, 1.165) is 10.4 Å². The number of nitrogens with one attached hydrogen (secondary N) is 1. The second kappa shape index (κ2) is 5.97. The summed E-state index contributed by atoms with van der Waals surface area (Å²) in [5.41, 5.74) is 3.61. The van der Waals surface area contributed by atoms with Gasteiger partial charge in [0.1, 0.15) is 6.61 Å². The summed E-state index contributed by atoms with van der Waals surface area (Å²) >= 11 is 1.57. The van der Waals surface area contributed by atoms with Crippen LogP contribution in [0.4, 0.5) is 0 Å². The highest BCUT2D eigenvalue weighted by Gasteiger charge is 2.26. The first kappa shape index (κ1) is 13.6. The Bertz CT molecular complexity index is 681. The number of amides is 1. The molecule has 0 aliphatic carbocycles. The molecule has 1 aliphatic heterocycles.